The molecule has 1 saturated carbocycles. The summed E-state index contributed by atoms with van der Waals surface area (Å²) in [6.07, 6.45) is 5.04. The average Bonchev–Trinajstić information content (AvgIpc) is 3.01. The van der Waals surface area contributed by atoms with Gasteiger partial charge in [0.1, 0.15) is 12.6 Å². The molecule has 1 aliphatic carbocycles. The van der Waals surface area contributed by atoms with Crippen molar-refractivity contribution < 1.29 is 22.9 Å². The summed E-state index contributed by atoms with van der Waals surface area (Å²) in [6.45, 7) is 0.949. The Morgan fingerprint density at radius 1 is 1.00 bits per heavy atom. The number of hydrogen-bond donors (Lipinski definition) is 1. The number of non-ortho nitro benzene ring substituents is 1. The number of anilines is 1. The minimum atomic E-state index is -4.37. The first-order chi connectivity index (χ1) is 21.0. The molecule has 0 bridgehead atoms. The van der Waals surface area contributed by atoms with Gasteiger partial charge in [-0.2, -0.15) is 0 Å². The molecule has 1 N–H and O–H groups in total. The van der Waals surface area contributed by atoms with Crippen molar-refractivity contribution in [2.24, 2.45) is 0 Å². The molecule has 0 saturated heterocycles. The molecule has 3 aromatic carbocycles. The summed E-state index contributed by atoms with van der Waals surface area (Å²) in [6, 6.07) is 16.4. The van der Waals surface area contributed by atoms with Gasteiger partial charge in [0.15, 0.2) is 0 Å². The largest absolute Gasteiger partial charge is 0.352 e. The number of nitro groups is 1. The molecule has 4 rings (SSSR count). The number of benzene rings is 3. The number of nitro benzene ring substituents is 1. The zero-order chi connectivity index (χ0) is 31.9. The molecule has 3 aromatic rings. The molecular weight excluding hydrogens is 627 g/mol. The van der Waals surface area contributed by atoms with E-state index in [1.807, 2.05) is 0 Å². The third kappa shape index (κ3) is 8.08. The van der Waals surface area contributed by atoms with E-state index in [0.717, 1.165) is 42.5 Å². The number of nitrogens with zero attached hydrogens (tertiary/aromatic N) is 3. The lowest BCUT2D eigenvalue weighted by molar-refractivity contribution is -0.384. The summed E-state index contributed by atoms with van der Waals surface area (Å²) in [5.74, 6) is -1.03. The first kappa shape index (κ1) is 33.2. The van der Waals surface area contributed by atoms with Crippen LogP contribution in [0.1, 0.15) is 51.0 Å². The van der Waals surface area contributed by atoms with Crippen molar-refractivity contribution in [2.45, 2.75) is 69.0 Å². The first-order valence-electron chi connectivity index (χ1n) is 14.4. The minimum Gasteiger partial charge on any atom is -0.352 e. The van der Waals surface area contributed by atoms with Gasteiger partial charge in [-0.3, -0.25) is 24.0 Å². The summed E-state index contributed by atoms with van der Waals surface area (Å²) in [5.41, 5.74) is 0.105. The molecule has 1 aliphatic rings. The predicted molar refractivity (Wildman–Crippen MR) is 170 cm³/mol. The van der Waals surface area contributed by atoms with Gasteiger partial charge in [0.2, 0.25) is 11.8 Å². The summed E-state index contributed by atoms with van der Waals surface area (Å²) in [5, 5.41) is 15.3. The van der Waals surface area contributed by atoms with Crippen LogP contribution in [0, 0.1) is 10.1 Å². The number of carbonyl (C=O) groups excluding carboxylic acids is 2. The van der Waals surface area contributed by atoms with E-state index in [-0.39, 0.29) is 46.2 Å². The molecule has 1 atom stereocenters. The molecular formula is C31H34Cl2N4O6S. The number of nitrogens with one attached hydrogen (secondary N) is 1. The van der Waals surface area contributed by atoms with Crippen molar-refractivity contribution in [2.75, 3.05) is 10.8 Å². The summed E-state index contributed by atoms with van der Waals surface area (Å²) < 4.78 is 28.7. The monoisotopic (exact) mass is 660 g/mol. The Balaban J connectivity index is 1.75. The highest BCUT2D eigenvalue weighted by Gasteiger charge is 2.35. The van der Waals surface area contributed by atoms with Crippen LogP contribution < -0.4 is 9.62 Å². The van der Waals surface area contributed by atoms with Crippen LogP contribution in [0.25, 0.3) is 0 Å². The number of carbonyl (C=O) groups is 2. The minimum absolute atomic E-state index is 0.0128. The summed E-state index contributed by atoms with van der Waals surface area (Å²) in [4.78, 5) is 40.0. The number of halogens is 2. The van der Waals surface area contributed by atoms with Crippen LogP contribution in [0.3, 0.4) is 0 Å². The van der Waals surface area contributed by atoms with Crippen LogP contribution in [0.5, 0.6) is 0 Å². The predicted octanol–water partition coefficient (Wildman–Crippen LogP) is 6.35. The van der Waals surface area contributed by atoms with Gasteiger partial charge < -0.3 is 10.2 Å². The Kier molecular flexibility index (Phi) is 11.2. The van der Waals surface area contributed by atoms with Crippen LogP contribution in [0.15, 0.2) is 77.7 Å². The standard InChI is InChI=1S/C31H34Cl2N4O6S/c1-2-29(31(39)34-24-10-5-3-6-11-24)35(20-22-16-17-23(32)18-28(22)33)30(38)21-36(25-12-9-13-26(19-25)37(40)41)44(42,43)27-14-7-4-8-15-27/h4,7-9,12-19,24,29H,2-3,5-6,10-11,20-21H2,1H3,(H,34,39). The quantitative estimate of drug-likeness (QED) is 0.178. The molecule has 44 heavy (non-hydrogen) atoms. The fraction of sp³-hybridized carbons (Fsp3) is 0.355. The van der Waals surface area contributed by atoms with Crippen molar-refractivity contribution in [1.29, 1.82) is 0 Å². The normalized spacial score (nSPS) is 14.4. The molecule has 1 fully saturated rings. The maximum Gasteiger partial charge on any atom is 0.271 e. The van der Waals surface area contributed by atoms with E-state index in [4.69, 9.17) is 23.2 Å². The Labute approximate surface area is 267 Å². The molecule has 13 heteroatoms. The molecule has 0 radical (unpaired) electrons. The first-order valence-corrected chi connectivity index (χ1v) is 16.6. The van der Waals surface area contributed by atoms with Gasteiger partial charge in [-0.15, -0.1) is 0 Å². The summed E-state index contributed by atoms with van der Waals surface area (Å²) in [7, 11) is -4.37. The van der Waals surface area contributed by atoms with Crippen LogP contribution in [0.4, 0.5) is 11.4 Å². The molecule has 10 nitrogen and oxygen atoms in total. The fourth-order valence-electron chi connectivity index (χ4n) is 5.31. The Hall–Kier alpha value is -3.67. The molecule has 1 unspecified atom stereocenters. The highest BCUT2D eigenvalue weighted by atomic mass is 35.5. The third-order valence-corrected chi connectivity index (χ3v) is 10.0. The Morgan fingerprint density at radius 3 is 2.34 bits per heavy atom. The van der Waals surface area contributed by atoms with Crippen LogP contribution >= 0.6 is 23.2 Å². The second-order valence-electron chi connectivity index (χ2n) is 10.6. The lowest BCUT2D eigenvalue weighted by atomic mass is 9.95. The van der Waals surface area contributed by atoms with Gasteiger partial charge in [0, 0.05) is 34.8 Å². The maximum atomic E-state index is 14.2. The van der Waals surface area contributed by atoms with E-state index in [0.29, 0.717) is 10.6 Å². The van der Waals surface area contributed by atoms with E-state index in [1.54, 1.807) is 25.1 Å². The van der Waals surface area contributed by atoms with Gasteiger partial charge >= 0.3 is 0 Å². The number of hydrogen-bond acceptors (Lipinski definition) is 6. The maximum absolute atomic E-state index is 14.2. The smallest absolute Gasteiger partial charge is 0.271 e. The van der Waals surface area contributed by atoms with E-state index < -0.39 is 33.4 Å². The Bertz CT molecular complexity index is 1600. The molecule has 0 heterocycles. The lowest BCUT2D eigenvalue weighted by Gasteiger charge is -2.34. The van der Waals surface area contributed by atoms with E-state index in [2.05, 4.69) is 5.32 Å². The van der Waals surface area contributed by atoms with E-state index >= 15 is 0 Å². The zero-order valence-corrected chi connectivity index (χ0v) is 26.5. The second kappa shape index (κ2) is 14.9. The van der Waals surface area contributed by atoms with Crippen molar-refractivity contribution in [3.63, 3.8) is 0 Å². The van der Waals surface area contributed by atoms with Gasteiger partial charge in [-0.05, 0) is 55.2 Å². The number of rotatable bonds is 12. The van der Waals surface area contributed by atoms with Gasteiger partial charge in [-0.25, -0.2) is 8.42 Å². The van der Waals surface area contributed by atoms with Crippen LogP contribution in [-0.4, -0.2) is 48.7 Å². The van der Waals surface area contributed by atoms with Gasteiger partial charge in [-0.1, -0.05) is 79.7 Å². The molecule has 0 spiro atoms. The zero-order valence-electron chi connectivity index (χ0n) is 24.2. The van der Waals surface area contributed by atoms with Crippen molar-refractivity contribution >= 4 is 56.4 Å². The van der Waals surface area contributed by atoms with Gasteiger partial charge in [0.25, 0.3) is 15.7 Å². The average molecular weight is 662 g/mol. The summed E-state index contributed by atoms with van der Waals surface area (Å²) >= 11 is 12.6. The molecule has 0 aromatic heterocycles. The molecule has 2 amide bonds. The van der Waals surface area contributed by atoms with Crippen LogP contribution in [-0.2, 0) is 26.2 Å². The SMILES string of the molecule is CCC(C(=O)NC1CCCCC1)N(Cc1ccc(Cl)cc1Cl)C(=O)CN(c1cccc([N+](=O)[O-])c1)S(=O)(=O)c1ccccc1. The lowest BCUT2D eigenvalue weighted by Crippen LogP contribution is -2.54. The van der Waals surface area contributed by atoms with Crippen molar-refractivity contribution in [3.8, 4) is 0 Å². The molecule has 234 valence electrons. The number of sulfonamides is 1. The second-order valence-corrected chi connectivity index (χ2v) is 13.3. The third-order valence-electron chi connectivity index (χ3n) is 7.63. The van der Waals surface area contributed by atoms with Crippen molar-refractivity contribution in [1.82, 2.24) is 10.2 Å². The Morgan fingerprint density at radius 2 is 1.70 bits per heavy atom. The highest BCUT2D eigenvalue weighted by Crippen LogP contribution is 2.29. The van der Waals surface area contributed by atoms with Gasteiger partial charge in [0.05, 0.1) is 15.5 Å². The highest BCUT2D eigenvalue weighted by molar-refractivity contribution is 7.92. The van der Waals surface area contributed by atoms with E-state index in [1.165, 1.54) is 53.4 Å². The fourth-order valence-corrected chi connectivity index (χ4v) is 7.20. The van der Waals surface area contributed by atoms with Crippen LogP contribution in [0.2, 0.25) is 10.0 Å². The number of amides is 2. The van der Waals surface area contributed by atoms with Crippen molar-refractivity contribution in [3.05, 3.63) is 98.5 Å². The van der Waals surface area contributed by atoms with E-state index in [9.17, 15) is 28.1 Å². The topological polar surface area (TPSA) is 130 Å². The molecule has 0 aliphatic heterocycles.